The van der Waals surface area contributed by atoms with E-state index in [9.17, 15) is 4.79 Å². The van der Waals surface area contributed by atoms with Gasteiger partial charge in [0.2, 0.25) is 0 Å². The van der Waals surface area contributed by atoms with Gasteiger partial charge >= 0.3 is 5.97 Å². The molecular formula is C11H21NO2. The van der Waals surface area contributed by atoms with Gasteiger partial charge in [0.25, 0.3) is 0 Å². The molecule has 1 N–H and O–H groups in total. The molecule has 1 aliphatic rings. The van der Waals surface area contributed by atoms with Gasteiger partial charge in [0, 0.05) is 0 Å². The maximum Gasteiger partial charge on any atom is 0.322 e. The summed E-state index contributed by atoms with van der Waals surface area (Å²) in [5.74, 6) is 0.636. The molecule has 0 aliphatic heterocycles. The zero-order valence-electron chi connectivity index (χ0n) is 9.21. The lowest BCUT2D eigenvalue weighted by Gasteiger charge is -2.15. The predicted octanol–water partition coefficient (Wildman–Crippen LogP) is 1.72. The van der Waals surface area contributed by atoms with Gasteiger partial charge in [0.15, 0.2) is 0 Å². The molecule has 14 heavy (non-hydrogen) atoms. The van der Waals surface area contributed by atoms with Gasteiger partial charge in [-0.25, -0.2) is 0 Å². The first-order valence-electron chi connectivity index (χ1n) is 5.64. The van der Waals surface area contributed by atoms with E-state index in [-0.39, 0.29) is 12.0 Å². The third kappa shape index (κ3) is 3.66. The molecule has 3 heteroatoms. The summed E-state index contributed by atoms with van der Waals surface area (Å²) in [6.07, 6.45) is 5.31. The predicted molar refractivity (Wildman–Crippen MR) is 56.1 cm³/mol. The van der Waals surface area contributed by atoms with E-state index < -0.39 is 0 Å². The molecule has 3 nitrogen and oxygen atoms in total. The number of carbonyl (C=O) groups excluding carboxylic acids is 1. The Morgan fingerprint density at radius 1 is 1.50 bits per heavy atom. The second kappa shape index (κ2) is 6.02. The second-order valence-corrected chi connectivity index (χ2v) is 4.03. The molecule has 0 radical (unpaired) electrons. The van der Waals surface area contributed by atoms with Crippen LogP contribution in [-0.2, 0) is 9.53 Å². The van der Waals surface area contributed by atoms with E-state index in [0.717, 1.165) is 12.5 Å². The fourth-order valence-electron chi connectivity index (χ4n) is 1.91. The smallest absolute Gasteiger partial charge is 0.322 e. The first kappa shape index (κ1) is 11.5. The van der Waals surface area contributed by atoms with Gasteiger partial charge in [-0.3, -0.25) is 4.79 Å². The normalized spacial score (nSPS) is 19.6. The van der Waals surface area contributed by atoms with E-state index in [1.54, 1.807) is 0 Å². The lowest BCUT2D eigenvalue weighted by molar-refractivity contribution is -0.145. The Balaban J connectivity index is 2.13. The summed E-state index contributed by atoms with van der Waals surface area (Å²) in [6.45, 7) is 5.13. The standard InChI is InChI=1S/C11H21NO2/c1-3-14-11(13)9(2)12-8-10-6-4-5-7-10/h9-10,12H,3-8H2,1-2H3. The summed E-state index contributed by atoms with van der Waals surface area (Å²) in [6, 6.07) is -0.157. The fraction of sp³-hybridized carbons (Fsp3) is 0.909. The van der Waals surface area contributed by atoms with Crippen molar-refractivity contribution in [3.8, 4) is 0 Å². The zero-order chi connectivity index (χ0) is 10.4. The minimum atomic E-state index is -0.157. The first-order valence-corrected chi connectivity index (χ1v) is 5.64. The SMILES string of the molecule is CCOC(=O)C(C)NCC1CCCC1. The minimum absolute atomic E-state index is 0.134. The quantitative estimate of drug-likeness (QED) is 0.685. The molecule has 1 atom stereocenters. The van der Waals surface area contributed by atoms with Crippen LogP contribution in [0.15, 0.2) is 0 Å². The highest BCUT2D eigenvalue weighted by molar-refractivity contribution is 5.75. The molecule has 1 fully saturated rings. The van der Waals surface area contributed by atoms with Gasteiger partial charge in [-0.1, -0.05) is 12.8 Å². The van der Waals surface area contributed by atoms with Crippen LogP contribution in [0.4, 0.5) is 0 Å². The van der Waals surface area contributed by atoms with Crippen molar-refractivity contribution in [3.63, 3.8) is 0 Å². The van der Waals surface area contributed by atoms with Crippen LogP contribution in [0.3, 0.4) is 0 Å². The maximum atomic E-state index is 11.3. The summed E-state index contributed by atoms with van der Waals surface area (Å²) in [4.78, 5) is 11.3. The molecule has 0 saturated heterocycles. The summed E-state index contributed by atoms with van der Waals surface area (Å²) < 4.78 is 4.92. The van der Waals surface area contributed by atoms with Crippen molar-refractivity contribution in [1.82, 2.24) is 5.32 Å². The van der Waals surface area contributed by atoms with Gasteiger partial charge in [0.05, 0.1) is 6.61 Å². The summed E-state index contributed by atoms with van der Waals surface area (Å²) >= 11 is 0. The van der Waals surface area contributed by atoms with Crippen molar-refractivity contribution in [1.29, 1.82) is 0 Å². The van der Waals surface area contributed by atoms with Crippen molar-refractivity contribution < 1.29 is 9.53 Å². The molecule has 1 aliphatic carbocycles. The van der Waals surface area contributed by atoms with Crippen molar-refractivity contribution in [2.75, 3.05) is 13.2 Å². The molecule has 0 heterocycles. The van der Waals surface area contributed by atoms with Crippen LogP contribution in [0, 0.1) is 5.92 Å². The Morgan fingerprint density at radius 2 is 2.14 bits per heavy atom. The molecule has 0 spiro atoms. The highest BCUT2D eigenvalue weighted by atomic mass is 16.5. The monoisotopic (exact) mass is 199 g/mol. The van der Waals surface area contributed by atoms with E-state index in [0.29, 0.717) is 6.61 Å². The van der Waals surface area contributed by atoms with E-state index in [2.05, 4.69) is 5.32 Å². The maximum absolute atomic E-state index is 11.3. The number of rotatable bonds is 5. The molecule has 0 aromatic rings. The lowest BCUT2D eigenvalue weighted by Crippen LogP contribution is -2.37. The Morgan fingerprint density at radius 3 is 2.71 bits per heavy atom. The van der Waals surface area contributed by atoms with Crippen molar-refractivity contribution in [2.45, 2.75) is 45.6 Å². The van der Waals surface area contributed by atoms with Gasteiger partial charge in [0.1, 0.15) is 6.04 Å². The molecule has 1 saturated carbocycles. The van der Waals surface area contributed by atoms with Gasteiger partial charge < -0.3 is 10.1 Å². The Kier molecular flexibility index (Phi) is 4.94. The number of esters is 1. The van der Waals surface area contributed by atoms with Gasteiger partial charge in [-0.2, -0.15) is 0 Å². The number of hydrogen-bond donors (Lipinski definition) is 1. The average Bonchev–Trinajstić information content (AvgIpc) is 2.67. The van der Waals surface area contributed by atoms with Crippen molar-refractivity contribution in [3.05, 3.63) is 0 Å². The van der Waals surface area contributed by atoms with E-state index in [1.165, 1.54) is 25.7 Å². The van der Waals surface area contributed by atoms with Crippen molar-refractivity contribution >= 4 is 5.97 Å². The van der Waals surface area contributed by atoms with Crippen LogP contribution >= 0.6 is 0 Å². The van der Waals surface area contributed by atoms with E-state index >= 15 is 0 Å². The van der Waals surface area contributed by atoms with Crippen molar-refractivity contribution in [2.24, 2.45) is 5.92 Å². The third-order valence-corrected chi connectivity index (χ3v) is 2.83. The first-order chi connectivity index (χ1) is 6.74. The summed E-state index contributed by atoms with van der Waals surface area (Å²) in [5, 5.41) is 3.23. The van der Waals surface area contributed by atoms with Gasteiger partial charge in [-0.15, -0.1) is 0 Å². The van der Waals surface area contributed by atoms with E-state index in [4.69, 9.17) is 4.74 Å². The molecular weight excluding hydrogens is 178 g/mol. The second-order valence-electron chi connectivity index (χ2n) is 4.03. The fourth-order valence-corrected chi connectivity index (χ4v) is 1.91. The number of nitrogens with one attached hydrogen (secondary N) is 1. The Hall–Kier alpha value is -0.570. The van der Waals surface area contributed by atoms with Gasteiger partial charge in [-0.05, 0) is 39.2 Å². The largest absolute Gasteiger partial charge is 0.465 e. The summed E-state index contributed by atoms with van der Waals surface area (Å²) in [7, 11) is 0. The number of carbonyl (C=O) groups is 1. The highest BCUT2D eigenvalue weighted by Gasteiger charge is 2.18. The highest BCUT2D eigenvalue weighted by Crippen LogP contribution is 2.23. The number of ether oxygens (including phenoxy) is 1. The topological polar surface area (TPSA) is 38.3 Å². The molecule has 1 rings (SSSR count). The molecule has 0 aromatic carbocycles. The zero-order valence-corrected chi connectivity index (χ0v) is 9.21. The molecule has 0 bridgehead atoms. The molecule has 0 amide bonds. The minimum Gasteiger partial charge on any atom is -0.465 e. The van der Waals surface area contributed by atoms with Crippen LogP contribution < -0.4 is 5.32 Å². The Bertz CT molecular complexity index is 176. The molecule has 1 unspecified atom stereocenters. The average molecular weight is 199 g/mol. The summed E-state index contributed by atoms with van der Waals surface area (Å²) in [5.41, 5.74) is 0. The molecule has 0 aromatic heterocycles. The third-order valence-electron chi connectivity index (χ3n) is 2.83. The Labute approximate surface area is 86.2 Å². The van der Waals surface area contributed by atoms with Crippen LogP contribution in [-0.4, -0.2) is 25.2 Å². The van der Waals surface area contributed by atoms with Crippen LogP contribution in [0.5, 0.6) is 0 Å². The van der Waals surface area contributed by atoms with Crippen LogP contribution in [0.2, 0.25) is 0 Å². The number of hydrogen-bond acceptors (Lipinski definition) is 3. The lowest BCUT2D eigenvalue weighted by atomic mass is 10.1. The van der Waals surface area contributed by atoms with Crippen LogP contribution in [0.1, 0.15) is 39.5 Å². The van der Waals surface area contributed by atoms with E-state index in [1.807, 2.05) is 13.8 Å². The van der Waals surface area contributed by atoms with Crippen LogP contribution in [0.25, 0.3) is 0 Å². The molecule has 82 valence electrons.